The summed E-state index contributed by atoms with van der Waals surface area (Å²) >= 11 is 0. The molecule has 0 aliphatic rings. The lowest BCUT2D eigenvalue weighted by Gasteiger charge is -2.06. The first-order chi connectivity index (χ1) is 13.1. The van der Waals surface area contributed by atoms with Gasteiger partial charge in [0.1, 0.15) is 5.75 Å². The number of carbonyl (C=O) groups excluding carboxylic acids is 1. The van der Waals surface area contributed by atoms with Gasteiger partial charge in [0.25, 0.3) is 11.6 Å². The molecule has 0 spiro atoms. The number of unbranched alkanes of at least 4 members (excludes halogenated alkanes) is 3. The van der Waals surface area contributed by atoms with Crippen molar-refractivity contribution >= 4 is 17.8 Å². The summed E-state index contributed by atoms with van der Waals surface area (Å²) in [6.07, 6.45) is 5.80. The Hall–Kier alpha value is -3.22. The first-order valence-electron chi connectivity index (χ1n) is 8.91. The van der Waals surface area contributed by atoms with Gasteiger partial charge in [0.05, 0.1) is 23.3 Å². The fourth-order valence-electron chi connectivity index (χ4n) is 2.41. The summed E-state index contributed by atoms with van der Waals surface area (Å²) in [6.45, 7) is 2.82. The van der Waals surface area contributed by atoms with Gasteiger partial charge in [-0.05, 0) is 36.8 Å². The molecule has 142 valence electrons. The molecule has 27 heavy (non-hydrogen) atoms. The molecule has 0 atom stereocenters. The van der Waals surface area contributed by atoms with E-state index in [4.69, 9.17) is 4.74 Å². The van der Waals surface area contributed by atoms with Gasteiger partial charge in [-0.25, -0.2) is 5.43 Å². The molecule has 2 rings (SSSR count). The second-order valence-electron chi connectivity index (χ2n) is 5.95. The number of hydrogen-bond donors (Lipinski definition) is 1. The lowest BCUT2D eigenvalue weighted by Crippen LogP contribution is -2.17. The van der Waals surface area contributed by atoms with E-state index in [1.165, 1.54) is 25.1 Å². The van der Waals surface area contributed by atoms with E-state index < -0.39 is 10.8 Å². The van der Waals surface area contributed by atoms with E-state index in [2.05, 4.69) is 17.5 Å². The number of nitrogens with zero attached hydrogens (tertiary/aromatic N) is 2. The highest BCUT2D eigenvalue weighted by Crippen LogP contribution is 2.15. The highest BCUT2D eigenvalue weighted by Gasteiger charge is 2.10. The third-order valence-corrected chi connectivity index (χ3v) is 3.89. The molecular formula is C20H23N3O4. The molecule has 0 radical (unpaired) electrons. The van der Waals surface area contributed by atoms with Crippen LogP contribution in [0.5, 0.6) is 5.75 Å². The average molecular weight is 369 g/mol. The Balaban J connectivity index is 1.86. The Labute approximate surface area is 158 Å². The molecule has 0 saturated carbocycles. The lowest BCUT2D eigenvalue weighted by atomic mass is 10.2. The van der Waals surface area contributed by atoms with Gasteiger partial charge in [-0.3, -0.25) is 14.9 Å². The standard InChI is InChI=1S/C20H23N3O4/c1-2-3-4-7-14-27-18-12-10-16(11-13-18)20(24)22-21-15-17-8-5-6-9-19(17)23(25)26/h5-6,8-13,15H,2-4,7,14H2,1H3,(H,22,24). The van der Waals surface area contributed by atoms with Crippen LogP contribution in [-0.2, 0) is 0 Å². The van der Waals surface area contributed by atoms with Gasteiger partial charge >= 0.3 is 0 Å². The topological polar surface area (TPSA) is 93.8 Å². The number of hydrogen-bond acceptors (Lipinski definition) is 5. The van der Waals surface area contributed by atoms with Crippen LogP contribution in [0.15, 0.2) is 53.6 Å². The van der Waals surface area contributed by atoms with Crippen LogP contribution < -0.4 is 10.2 Å². The highest BCUT2D eigenvalue weighted by atomic mass is 16.6. The van der Waals surface area contributed by atoms with E-state index in [0.29, 0.717) is 23.5 Å². The third kappa shape index (κ3) is 6.54. The molecule has 1 N–H and O–H groups in total. The van der Waals surface area contributed by atoms with Crippen molar-refractivity contribution in [2.24, 2.45) is 5.10 Å². The molecule has 0 aromatic heterocycles. The fourth-order valence-corrected chi connectivity index (χ4v) is 2.41. The molecule has 0 fully saturated rings. The van der Waals surface area contributed by atoms with Crippen molar-refractivity contribution in [3.8, 4) is 5.75 Å². The Morgan fingerprint density at radius 3 is 2.59 bits per heavy atom. The van der Waals surface area contributed by atoms with Gasteiger partial charge in [0.2, 0.25) is 0 Å². The zero-order chi connectivity index (χ0) is 19.5. The Bertz CT molecular complexity index is 788. The van der Waals surface area contributed by atoms with Gasteiger partial charge in [-0.15, -0.1) is 0 Å². The molecule has 0 aliphatic heterocycles. The minimum absolute atomic E-state index is 0.0732. The predicted molar refractivity (Wildman–Crippen MR) is 104 cm³/mol. The summed E-state index contributed by atoms with van der Waals surface area (Å²) in [4.78, 5) is 22.5. The number of amides is 1. The van der Waals surface area contributed by atoms with Crippen molar-refractivity contribution in [2.75, 3.05) is 6.61 Å². The minimum Gasteiger partial charge on any atom is -0.494 e. The molecule has 1 amide bonds. The number of nitro benzene ring substituents is 1. The van der Waals surface area contributed by atoms with Gasteiger partial charge in [-0.1, -0.05) is 38.3 Å². The van der Waals surface area contributed by atoms with E-state index >= 15 is 0 Å². The molecule has 2 aromatic carbocycles. The van der Waals surface area contributed by atoms with Crippen LogP contribution in [0.4, 0.5) is 5.69 Å². The first kappa shape index (κ1) is 20.1. The molecule has 2 aromatic rings. The van der Waals surface area contributed by atoms with Gasteiger partial charge in [0, 0.05) is 11.6 Å². The summed E-state index contributed by atoms with van der Waals surface area (Å²) in [7, 11) is 0. The number of rotatable bonds is 10. The summed E-state index contributed by atoms with van der Waals surface area (Å²) < 4.78 is 5.64. The van der Waals surface area contributed by atoms with Crippen molar-refractivity contribution in [2.45, 2.75) is 32.6 Å². The highest BCUT2D eigenvalue weighted by molar-refractivity contribution is 5.95. The monoisotopic (exact) mass is 369 g/mol. The van der Waals surface area contributed by atoms with Gasteiger partial charge < -0.3 is 4.74 Å². The zero-order valence-corrected chi connectivity index (χ0v) is 15.3. The molecule has 0 heterocycles. The van der Waals surface area contributed by atoms with Crippen molar-refractivity contribution < 1.29 is 14.5 Å². The van der Waals surface area contributed by atoms with Crippen LogP contribution in [0.3, 0.4) is 0 Å². The maximum absolute atomic E-state index is 12.1. The number of nitro groups is 1. The van der Waals surface area contributed by atoms with Gasteiger partial charge in [0.15, 0.2) is 0 Å². The molecule has 7 nitrogen and oxygen atoms in total. The van der Waals surface area contributed by atoms with Crippen LogP contribution in [0.2, 0.25) is 0 Å². The molecule has 7 heteroatoms. The number of carbonyl (C=O) groups is 1. The van der Waals surface area contributed by atoms with Crippen LogP contribution in [0.25, 0.3) is 0 Å². The van der Waals surface area contributed by atoms with E-state index in [1.54, 1.807) is 42.5 Å². The van der Waals surface area contributed by atoms with E-state index in [-0.39, 0.29) is 5.69 Å². The number of benzene rings is 2. The maximum Gasteiger partial charge on any atom is 0.278 e. The van der Waals surface area contributed by atoms with Crippen LogP contribution in [0.1, 0.15) is 48.5 Å². The van der Waals surface area contributed by atoms with E-state index in [0.717, 1.165) is 12.8 Å². The lowest BCUT2D eigenvalue weighted by molar-refractivity contribution is -0.385. The number of ether oxygens (including phenoxy) is 1. The summed E-state index contributed by atoms with van der Waals surface area (Å²) in [5, 5.41) is 14.7. The maximum atomic E-state index is 12.1. The predicted octanol–water partition coefficient (Wildman–Crippen LogP) is 4.32. The first-order valence-corrected chi connectivity index (χ1v) is 8.91. The number of nitrogens with one attached hydrogen (secondary N) is 1. The van der Waals surface area contributed by atoms with E-state index in [9.17, 15) is 14.9 Å². The van der Waals surface area contributed by atoms with Crippen LogP contribution in [-0.4, -0.2) is 23.7 Å². The largest absolute Gasteiger partial charge is 0.494 e. The number of hydrazone groups is 1. The Morgan fingerprint density at radius 2 is 1.89 bits per heavy atom. The summed E-state index contributed by atoms with van der Waals surface area (Å²) in [6, 6.07) is 12.9. The van der Waals surface area contributed by atoms with Crippen molar-refractivity contribution in [1.82, 2.24) is 5.43 Å². The van der Waals surface area contributed by atoms with Crippen molar-refractivity contribution in [3.05, 3.63) is 69.8 Å². The number of para-hydroxylation sites is 1. The normalized spacial score (nSPS) is 10.7. The van der Waals surface area contributed by atoms with Crippen LogP contribution in [0, 0.1) is 10.1 Å². The average Bonchev–Trinajstić information content (AvgIpc) is 2.68. The Morgan fingerprint density at radius 1 is 1.15 bits per heavy atom. The van der Waals surface area contributed by atoms with Crippen molar-refractivity contribution in [1.29, 1.82) is 0 Å². The summed E-state index contributed by atoms with van der Waals surface area (Å²) in [5.74, 6) is 0.311. The van der Waals surface area contributed by atoms with E-state index in [1.807, 2.05) is 0 Å². The van der Waals surface area contributed by atoms with Crippen LogP contribution >= 0.6 is 0 Å². The molecule has 0 unspecified atom stereocenters. The third-order valence-electron chi connectivity index (χ3n) is 3.89. The van der Waals surface area contributed by atoms with Gasteiger partial charge in [-0.2, -0.15) is 5.10 Å². The SMILES string of the molecule is CCCCCCOc1ccc(C(=O)NN=Cc2ccccc2[N+](=O)[O-])cc1. The zero-order valence-electron chi connectivity index (χ0n) is 15.3. The molecular weight excluding hydrogens is 346 g/mol. The second-order valence-corrected chi connectivity index (χ2v) is 5.95. The second kappa shape index (κ2) is 10.7. The molecule has 0 saturated heterocycles. The smallest absolute Gasteiger partial charge is 0.278 e. The quantitative estimate of drug-likeness (QED) is 0.292. The molecule has 0 aliphatic carbocycles. The van der Waals surface area contributed by atoms with Crippen molar-refractivity contribution in [3.63, 3.8) is 0 Å². The minimum atomic E-state index is -0.496. The summed E-state index contributed by atoms with van der Waals surface area (Å²) in [5.41, 5.74) is 3.03. The Kier molecular flexibility index (Phi) is 7.96. The molecule has 0 bridgehead atoms. The fraction of sp³-hybridized carbons (Fsp3) is 0.300.